The highest BCUT2D eigenvalue weighted by molar-refractivity contribution is 6.34. The van der Waals surface area contributed by atoms with Crippen molar-refractivity contribution in [3.05, 3.63) is 84.4 Å². The lowest BCUT2D eigenvalue weighted by molar-refractivity contribution is -0.0766. The number of anilines is 1. The van der Waals surface area contributed by atoms with E-state index in [0.29, 0.717) is 28.1 Å². The second-order valence-corrected chi connectivity index (χ2v) is 12.1. The molecule has 0 radical (unpaired) electrons. The maximum Gasteiger partial charge on any atom is 0.167 e. The zero-order chi connectivity index (χ0) is 30.6. The maximum atomic E-state index is 11.6. The molecular weight excluding hydrogens is 574 g/mol. The van der Waals surface area contributed by atoms with E-state index in [1.54, 1.807) is 10.9 Å². The zero-order valence-corrected chi connectivity index (χ0v) is 23.8. The minimum Gasteiger partial charge on any atom is -0.394 e. The van der Waals surface area contributed by atoms with E-state index < -0.39 is 42.8 Å². The van der Waals surface area contributed by atoms with Crippen molar-refractivity contribution in [1.82, 2.24) is 19.5 Å². The summed E-state index contributed by atoms with van der Waals surface area (Å²) in [5.41, 5.74) is 2.05. The van der Waals surface area contributed by atoms with Crippen molar-refractivity contribution in [2.75, 3.05) is 11.9 Å². The van der Waals surface area contributed by atoms with Gasteiger partial charge in [0.25, 0.3) is 0 Å². The summed E-state index contributed by atoms with van der Waals surface area (Å²) in [6.45, 7) is -0.309. The Morgan fingerprint density at radius 2 is 1.60 bits per heavy atom. The zero-order valence-electron chi connectivity index (χ0n) is 23.8. The fourth-order valence-corrected chi connectivity index (χ4v) is 7.59. The SMILES string of the molecule is OC[C@H]1O[C@@H](n2cnc3c(N[C@H]4c5c(cc6ccc7cccc8c9ccccc9c5c6c78)[C@@H](O)[C@H](O)[C@H]4O)ncnc32)C[C@@H]1O. The van der Waals surface area contributed by atoms with Crippen LogP contribution in [0.5, 0.6) is 0 Å². The third-order valence-electron chi connectivity index (χ3n) is 9.70. The Morgan fingerprint density at radius 1 is 0.822 bits per heavy atom. The molecule has 11 heteroatoms. The summed E-state index contributed by atoms with van der Waals surface area (Å²) in [6, 6.07) is 19.5. The summed E-state index contributed by atoms with van der Waals surface area (Å²) in [4.78, 5) is 13.5. The van der Waals surface area contributed by atoms with E-state index in [4.69, 9.17) is 4.74 Å². The number of nitrogens with one attached hydrogen (secondary N) is 1. The fourth-order valence-electron chi connectivity index (χ4n) is 7.59. The standard InChI is InChI=1S/C34H29N5O6/c40-12-22-21(41)11-23(45-22)39-14-37-29-33(35-13-36-34(29)39)38-28-27-20(30(42)32(44)31(28)43)10-16-9-8-15-4-3-7-18-17-5-1-2-6-19(17)26(27)25(16)24(15)18/h1-10,13-14,21-23,28,30-32,40-44H,11-12H2,(H,35,36,38)/t21-,22+,23+,28-,30+,31-,32-/m0/s1. The van der Waals surface area contributed by atoms with Crippen LogP contribution in [0.4, 0.5) is 5.82 Å². The van der Waals surface area contributed by atoms with E-state index in [2.05, 4.69) is 56.7 Å². The molecule has 0 amide bonds. The van der Waals surface area contributed by atoms with Crippen molar-refractivity contribution in [2.45, 2.75) is 49.2 Å². The molecule has 45 heavy (non-hydrogen) atoms. The molecule has 7 aromatic rings. The van der Waals surface area contributed by atoms with Crippen LogP contribution < -0.4 is 5.32 Å². The Balaban J connectivity index is 1.27. The van der Waals surface area contributed by atoms with E-state index in [9.17, 15) is 25.5 Å². The number of benzene rings is 5. The van der Waals surface area contributed by atoms with Gasteiger partial charge in [0, 0.05) is 6.42 Å². The summed E-state index contributed by atoms with van der Waals surface area (Å²) in [7, 11) is 0. The molecule has 0 spiro atoms. The van der Waals surface area contributed by atoms with Crippen LogP contribution in [0.1, 0.15) is 35.9 Å². The first-order chi connectivity index (χ1) is 21.9. The van der Waals surface area contributed by atoms with Crippen molar-refractivity contribution in [3.63, 3.8) is 0 Å². The first-order valence-electron chi connectivity index (χ1n) is 15.0. The van der Waals surface area contributed by atoms with Gasteiger partial charge in [-0.05, 0) is 60.3 Å². The molecule has 3 heterocycles. The molecule has 1 aliphatic carbocycles. The monoisotopic (exact) mass is 603 g/mol. The number of hydrogen-bond acceptors (Lipinski definition) is 10. The number of imidazole rings is 1. The molecule has 9 rings (SSSR count). The highest BCUT2D eigenvalue weighted by atomic mass is 16.5. The highest BCUT2D eigenvalue weighted by Crippen LogP contribution is 2.49. The molecule has 2 aliphatic rings. The quantitative estimate of drug-likeness (QED) is 0.130. The van der Waals surface area contributed by atoms with Gasteiger partial charge in [0.15, 0.2) is 17.0 Å². The number of hydrogen-bond donors (Lipinski definition) is 6. The lowest BCUT2D eigenvalue weighted by Gasteiger charge is -2.39. The van der Waals surface area contributed by atoms with Crippen molar-refractivity contribution in [3.8, 4) is 0 Å². The number of aliphatic hydroxyl groups excluding tert-OH is 5. The number of rotatable bonds is 4. The number of ether oxygens (including phenoxy) is 1. The predicted octanol–water partition coefficient (Wildman–Crippen LogP) is 3.44. The second kappa shape index (κ2) is 9.75. The second-order valence-electron chi connectivity index (χ2n) is 12.1. The summed E-state index contributed by atoms with van der Waals surface area (Å²) in [6.07, 6.45) is -3.12. The normalized spacial score (nSPS) is 26.9. The average Bonchev–Trinajstić information content (AvgIpc) is 3.68. The Hall–Kier alpha value is -4.49. The number of fused-ring (bicyclic) bond motifs is 6. The van der Waals surface area contributed by atoms with Crippen LogP contribution in [0.15, 0.2) is 73.3 Å². The van der Waals surface area contributed by atoms with E-state index in [1.807, 2.05) is 24.3 Å². The van der Waals surface area contributed by atoms with Gasteiger partial charge in [0.05, 0.1) is 25.1 Å². The molecule has 1 fully saturated rings. The first-order valence-corrected chi connectivity index (χ1v) is 15.0. The Labute approximate surface area is 255 Å². The molecule has 5 aromatic carbocycles. The van der Waals surface area contributed by atoms with Crippen LogP contribution >= 0.6 is 0 Å². The minimum atomic E-state index is -1.46. The van der Waals surface area contributed by atoms with Crippen LogP contribution in [0.25, 0.3) is 54.3 Å². The van der Waals surface area contributed by atoms with Gasteiger partial charge in [0.2, 0.25) is 0 Å². The molecular formula is C34H29N5O6. The topological polar surface area (TPSA) is 166 Å². The van der Waals surface area contributed by atoms with Gasteiger partial charge in [-0.25, -0.2) is 15.0 Å². The molecule has 1 saturated heterocycles. The predicted molar refractivity (Wildman–Crippen MR) is 168 cm³/mol. The van der Waals surface area contributed by atoms with E-state index in [0.717, 1.165) is 43.1 Å². The molecule has 226 valence electrons. The average molecular weight is 604 g/mol. The lowest BCUT2D eigenvalue weighted by Crippen LogP contribution is -2.44. The Kier molecular flexibility index (Phi) is 5.82. The molecule has 0 bridgehead atoms. The summed E-state index contributed by atoms with van der Waals surface area (Å²) >= 11 is 0. The van der Waals surface area contributed by atoms with Gasteiger partial charge in [-0.2, -0.15) is 0 Å². The smallest absolute Gasteiger partial charge is 0.167 e. The third kappa shape index (κ3) is 3.70. The van der Waals surface area contributed by atoms with Crippen LogP contribution in [-0.2, 0) is 4.74 Å². The number of nitrogens with zero attached hydrogens (tertiary/aromatic N) is 4. The van der Waals surface area contributed by atoms with Crippen LogP contribution in [0, 0.1) is 0 Å². The maximum absolute atomic E-state index is 11.6. The van der Waals surface area contributed by atoms with Crippen molar-refractivity contribution >= 4 is 60.1 Å². The molecule has 0 saturated carbocycles. The summed E-state index contributed by atoms with van der Waals surface area (Å²) < 4.78 is 7.53. The van der Waals surface area contributed by atoms with Crippen molar-refractivity contribution < 1.29 is 30.3 Å². The molecule has 0 unspecified atom stereocenters. The Morgan fingerprint density at radius 3 is 2.42 bits per heavy atom. The van der Waals surface area contributed by atoms with Gasteiger partial charge in [-0.3, -0.25) is 4.57 Å². The molecule has 1 aliphatic heterocycles. The molecule has 7 atom stereocenters. The van der Waals surface area contributed by atoms with Gasteiger partial charge in [0.1, 0.15) is 37.0 Å². The van der Waals surface area contributed by atoms with Crippen LogP contribution in [0.3, 0.4) is 0 Å². The van der Waals surface area contributed by atoms with Gasteiger partial charge < -0.3 is 35.6 Å². The van der Waals surface area contributed by atoms with Crippen molar-refractivity contribution in [2.24, 2.45) is 0 Å². The van der Waals surface area contributed by atoms with Gasteiger partial charge in [-0.1, -0.05) is 54.6 Å². The third-order valence-corrected chi connectivity index (χ3v) is 9.70. The van der Waals surface area contributed by atoms with E-state index in [-0.39, 0.29) is 13.0 Å². The summed E-state index contributed by atoms with van der Waals surface area (Å²) in [5, 5.41) is 65.5. The molecule has 2 aromatic heterocycles. The van der Waals surface area contributed by atoms with Crippen LogP contribution in [0.2, 0.25) is 0 Å². The van der Waals surface area contributed by atoms with Crippen LogP contribution in [-0.4, -0.2) is 76.1 Å². The van der Waals surface area contributed by atoms with E-state index in [1.165, 1.54) is 6.33 Å². The number of aliphatic hydroxyl groups is 5. The van der Waals surface area contributed by atoms with Crippen molar-refractivity contribution in [1.29, 1.82) is 0 Å². The largest absolute Gasteiger partial charge is 0.394 e. The lowest BCUT2D eigenvalue weighted by atomic mass is 9.76. The van der Waals surface area contributed by atoms with E-state index >= 15 is 0 Å². The fraction of sp³-hybridized carbons (Fsp3) is 0.265. The van der Waals surface area contributed by atoms with Gasteiger partial charge >= 0.3 is 0 Å². The minimum absolute atomic E-state index is 0.258. The Bertz CT molecular complexity index is 2270. The molecule has 11 nitrogen and oxygen atoms in total. The summed E-state index contributed by atoms with van der Waals surface area (Å²) in [5.74, 6) is 0.324. The first kappa shape index (κ1) is 26.9. The number of aromatic nitrogens is 4. The molecule has 6 N–H and O–H groups in total. The van der Waals surface area contributed by atoms with Gasteiger partial charge in [-0.15, -0.1) is 0 Å². The highest BCUT2D eigenvalue weighted by Gasteiger charge is 2.43.